The third kappa shape index (κ3) is 2.88. The zero-order valence-electron chi connectivity index (χ0n) is 8.29. The van der Waals surface area contributed by atoms with E-state index in [1.165, 1.54) is 7.11 Å². The molecule has 0 spiro atoms. The van der Waals surface area contributed by atoms with E-state index >= 15 is 0 Å². The number of aliphatic hydroxyl groups excluding tert-OH is 1. The molecule has 0 saturated heterocycles. The molecule has 0 saturated carbocycles. The van der Waals surface area contributed by atoms with Crippen molar-refractivity contribution in [1.29, 1.82) is 0 Å². The molecule has 1 N–H and O–H groups in total. The highest BCUT2D eigenvalue weighted by atomic mass is 79.9. The Balaban J connectivity index is 3.05. The van der Waals surface area contributed by atoms with Crippen molar-refractivity contribution in [3.8, 4) is 23.8 Å². The number of ether oxygens (including phenoxy) is 2. The van der Waals surface area contributed by atoms with Crippen LogP contribution in [0.25, 0.3) is 0 Å². The largest absolute Gasteiger partial charge is 0.493 e. The summed E-state index contributed by atoms with van der Waals surface area (Å²) < 4.78 is 11.2. The molecule has 0 aliphatic carbocycles. The highest BCUT2D eigenvalue weighted by Crippen LogP contribution is 2.33. The molecule has 15 heavy (non-hydrogen) atoms. The van der Waals surface area contributed by atoms with Gasteiger partial charge in [0.25, 0.3) is 0 Å². The van der Waals surface area contributed by atoms with E-state index in [1.54, 1.807) is 12.1 Å². The lowest BCUT2D eigenvalue weighted by molar-refractivity contribution is 0.279. The molecule has 0 heterocycles. The van der Waals surface area contributed by atoms with Crippen molar-refractivity contribution in [3.05, 3.63) is 22.2 Å². The van der Waals surface area contributed by atoms with Gasteiger partial charge in [0.1, 0.15) is 6.61 Å². The van der Waals surface area contributed by atoms with E-state index < -0.39 is 0 Å². The van der Waals surface area contributed by atoms with E-state index in [1.807, 2.05) is 0 Å². The van der Waals surface area contributed by atoms with Crippen molar-refractivity contribution in [2.45, 2.75) is 6.61 Å². The second-order valence-corrected chi connectivity index (χ2v) is 3.60. The van der Waals surface area contributed by atoms with Crippen molar-refractivity contribution >= 4 is 15.9 Å². The fourth-order valence-electron chi connectivity index (χ4n) is 1.09. The number of halogens is 1. The molecule has 80 valence electrons. The maximum absolute atomic E-state index is 9.05. The van der Waals surface area contributed by atoms with Gasteiger partial charge in [-0.15, -0.1) is 6.42 Å². The van der Waals surface area contributed by atoms with Crippen LogP contribution in [-0.2, 0) is 6.61 Å². The van der Waals surface area contributed by atoms with Gasteiger partial charge in [-0.05, 0) is 17.7 Å². The smallest absolute Gasteiger partial charge is 0.163 e. The van der Waals surface area contributed by atoms with Crippen molar-refractivity contribution in [3.63, 3.8) is 0 Å². The van der Waals surface area contributed by atoms with Crippen LogP contribution in [-0.4, -0.2) is 18.8 Å². The molecular formula is C11H11BrO3. The molecule has 0 aliphatic heterocycles. The monoisotopic (exact) mass is 270 g/mol. The minimum absolute atomic E-state index is 0.0631. The minimum atomic E-state index is -0.0631. The van der Waals surface area contributed by atoms with Crippen LogP contribution in [0.4, 0.5) is 0 Å². The molecule has 0 aromatic heterocycles. The quantitative estimate of drug-likeness (QED) is 0.851. The maximum atomic E-state index is 9.05. The number of terminal acetylenes is 1. The molecule has 3 nitrogen and oxygen atoms in total. The fourth-order valence-corrected chi connectivity index (χ4v) is 1.54. The Morgan fingerprint density at radius 2 is 2.20 bits per heavy atom. The number of rotatable bonds is 4. The molecular weight excluding hydrogens is 260 g/mol. The summed E-state index contributed by atoms with van der Waals surface area (Å²) in [4.78, 5) is 0. The lowest BCUT2D eigenvalue weighted by Gasteiger charge is -2.11. The molecule has 0 fully saturated rings. The maximum Gasteiger partial charge on any atom is 0.163 e. The molecule has 1 rings (SSSR count). The van der Waals surface area contributed by atoms with Gasteiger partial charge in [0.15, 0.2) is 11.5 Å². The molecule has 0 radical (unpaired) electrons. The summed E-state index contributed by atoms with van der Waals surface area (Å²) in [5, 5.41) is 9.05. The summed E-state index contributed by atoms with van der Waals surface area (Å²) in [7, 11) is 1.53. The van der Waals surface area contributed by atoms with E-state index in [-0.39, 0.29) is 13.2 Å². The van der Waals surface area contributed by atoms with Crippen LogP contribution in [0.1, 0.15) is 5.56 Å². The van der Waals surface area contributed by atoms with Gasteiger partial charge in [0.2, 0.25) is 0 Å². The van der Waals surface area contributed by atoms with E-state index in [0.29, 0.717) is 11.5 Å². The first-order valence-electron chi connectivity index (χ1n) is 4.26. The highest BCUT2D eigenvalue weighted by Gasteiger charge is 2.09. The number of aliphatic hydroxyl groups is 1. The van der Waals surface area contributed by atoms with Gasteiger partial charge in [-0.3, -0.25) is 0 Å². The van der Waals surface area contributed by atoms with Crippen LogP contribution in [0.3, 0.4) is 0 Å². The Bertz CT molecular complexity index is 382. The standard InChI is InChI=1S/C11H11BrO3/c1-3-4-15-11-6-9(12)8(7-13)5-10(11)14-2/h1,5-6,13H,4,7H2,2H3. The van der Waals surface area contributed by atoms with Crippen LogP contribution in [0.5, 0.6) is 11.5 Å². The fraction of sp³-hybridized carbons (Fsp3) is 0.273. The highest BCUT2D eigenvalue weighted by molar-refractivity contribution is 9.10. The van der Waals surface area contributed by atoms with E-state index in [2.05, 4.69) is 21.9 Å². The summed E-state index contributed by atoms with van der Waals surface area (Å²) in [6.07, 6.45) is 5.09. The first kappa shape index (κ1) is 11.9. The molecule has 0 aliphatic rings. The van der Waals surface area contributed by atoms with E-state index in [4.69, 9.17) is 21.0 Å². The number of hydrogen-bond acceptors (Lipinski definition) is 3. The third-order valence-corrected chi connectivity index (χ3v) is 2.55. The lowest BCUT2D eigenvalue weighted by atomic mass is 10.2. The van der Waals surface area contributed by atoms with Gasteiger partial charge in [-0.1, -0.05) is 21.9 Å². The van der Waals surface area contributed by atoms with Crippen LogP contribution in [0.15, 0.2) is 16.6 Å². The second-order valence-electron chi connectivity index (χ2n) is 2.75. The zero-order chi connectivity index (χ0) is 11.3. The summed E-state index contributed by atoms with van der Waals surface area (Å²) in [5.74, 6) is 3.48. The predicted octanol–water partition coefficient (Wildman–Crippen LogP) is 1.96. The van der Waals surface area contributed by atoms with Crippen molar-refractivity contribution < 1.29 is 14.6 Å². The first-order valence-corrected chi connectivity index (χ1v) is 5.05. The van der Waals surface area contributed by atoms with E-state index in [0.717, 1.165) is 10.0 Å². The molecule has 0 atom stereocenters. The number of benzene rings is 1. The Labute approximate surface area is 97.1 Å². The van der Waals surface area contributed by atoms with Gasteiger partial charge in [-0.2, -0.15) is 0 Å². The Morgan fingerprint density at radius 3 is 2.73 bits per heavy atom. The number of hydrogen-bond donors (Lipinski definition) is 1. The Morgan fingerprint density at radius 1 is 1.47 bits per heavy atom. The van der Waals surface area contributed by atoms with Crippen LogP contribution < -0.4 is 9.47 Å². The SMILES string of the molecule is C#CCOc1cc(Br)c(CO)cc1OC. The van der Waals surface area contributed by atoms with Crippen molar-refractivity contribution in [2.24, 2.45) is 0 Å². The minimum Gasteiger partial charge on any atom is -0.493 e. The lowest BCUT2D eigenvalue weighted by Crippen LogP contribution is -1.98. The summed E-state index contributed by atoms with van der Waals surface area (Å²) in [6, 6.07) is 3.43. The average Bonchev–Trinajstić information content (AvgIpc) is 2.26. The zero-order valence-corrected chi connectivity index (χ0v) is 9.87. The molecule has 0 bridgehead atoms. The second kappa shape index (κ2) is 5.64. The van der Waals surface area contributed by atoms with Gasteiger partial charge >= 0.3 is 0 Å². The normalized spacial score (nSPS) is 9.47. The molecule has 4 heteroatoms. The number of methoxy groups -OCH3 is 1. The average molecular weight is 271 g/mol. The van der Waals surface area contributed by atoms with Crippen LogP contribution in [0, 0.1) is 12.3 Å². The third-order valence-electron chi connectivity index (χ3n) is 1.81. The molecule has 1 aromatic carbocycles. The summed E-state index contributed by atoms with van der Waals surface area (Å²) >= 11 is 3.32. The van der Waals surface area contributed by atoms with Crippen LogP contribution in [0.2, 0.25) is 0 Å². The summed E-state index contributed by atoms with van der Waals surface area (Å²) in [6.45, 7) is 0.119. The topological polar surface area (TPSA) is 38.7 Å². The van der Waals surface area contributed by atoms with Crippen LogP contribution >= 0.6 is 15.9 Å². The van der Waals surface area contributed by atoms with E-state index in [9.17, 15) is 0 Å². The van der Waals surface area contributed by atoms with Crippen molar-refractivity contribution in [2.75, 3.05) is 13.7 Å². The van der Waals surface area contributed by atoms with Gasteiger partial charge < -0.3 is 14.6 Å². The van der Waals surface area contributed by atoms with Gasteiger partial charge in [-0.25, -0.2) is 0 Å². The van der Waals surface area contributed by atoms with Crippen molar-refractivity contribution in [1.82, 2.24) is 0 Å². The van der Waals surface area contributed by atoms with Gasteiger partial charge in [0.05, 0.1) is 13.7 Å². The predicted molar refractivity (Wildman–Crippen MR) is 60.9 cm³/mol. The molecule has 0 unspecified atom stereocenters. The molecule has 1 aromatic rings. The Kier molecular flexibility index (Phi) is 4.47. The summed E-state index contributed by atoms with van der Waals surface area (Å²) in [5.41, 5.74) is 0.736. The molecule has 0 amide bonds. The first-order chi connectivity index (χ1) is 7.22. The van der Waals surface area contributed by atoms with Gasteiger partial charge in [0, 0.05) is 4.47 Å². The Hall–Kier alpha value is -1.18.